The Morgan fingerprint density at radius 3 is 2.39 bits per heavy atom. The average Bonchev–Trinajstić information content (AvgIpc) is 3.57. The molecule has 38 heavy (non-hydrogen) atoms. The summed E-state index contributed by atoms with van der Waals surface area (Å²) in [7, 11) is 1.86. The molecule has 0 saturated carbocycles. The molecule has 0 spiro atoms. The van der Waals surface area contributed by atoms with Gasteiger partial charge in [0.2, 0.25) is 5.95 Å². The van der Waals surface area contributed by atoms with Gasteiger partial charge in [-0.15, -0.1) is 0 Å². The number of hydrogen-bond donors (Lipinski definition) is 3. The van der Waals surface area contributed by atoms with E-state index in [1.807, 2.05) is 30.4 Å². The molecule has 1 fully saturated rings. The summed E-state index contributed by atoms with van der Waals surface area (Å²) in [6.45, 7) is 3.71. The van der Waals surface area contributed by atoms with Crippen LogP contribution >= 0.6 is 0 Å². The van der Waals surface area contributed by atoms with Crippen molar-refractivity contribution < 1.29 is 13.9 Å². The van der Waals surface area contributed by atoms with Gasteiger partial charge >= 0.3 is 0 Å². The lowest BCUT2D eigenvalue weighted by molar-refractivity contribution is 0.0926. The third kappa shape index (κ3) is 4.77. The van der Waals surface area contributed by atoms with Crippen molar-refractivity contribution in [3.63, 3.8) is 0 Å². The minimum Gasteiger partial charge on any atom is -0.380 e. The SMILES string of the molecule is Cn1cc(-c2c[nH]c(C(=NC=N)N3CCN(c4ncc([C@](C)(O)c5c(F)cccc5F)cn4)CC3)c2)cn1. The number of halogens is 2. The molecule has 0 radical (unpaired) electrons. The maximum absolute atomic E-state index is 14.3. The second-order valence-corrected chi connectivity index (χ2v) is 9.20. The molecule has 3 N–H and O–H groups in total. The molecule has 0 unspecified atom stereocenters. The molecule has 0 bridgehead atoms. The number of rotatable bonds is 6. The van der Waals surface area contributed by atoms with Crippen molar-refractivity contribution in [2.24, 2.45) is 12.0 Å². The summed E-state index contributed by atoms with van der Waals surface area (Å²) in [5, 5.41) is 22.7. The molecular weight excluding hydrogens is 492 g/mol. The minimum atomic E-state index is -1.94. The number of benzene rings is 1. The molecule has 3 aromatic heterocycles. The molecule has 1 aliphatic rings. The highest BCUT2D eigenvalue weighted by molar-refractivity contribution is 6.01. The highest BCUT2D eigenvalue weighted by atomic mass is 19.1. The zero-order chi connectivity index (χ0) is 26.9. The van der Waals surface area contributed by atoms with Gasteiger partial charge in [0, 0.05) is 74.7 Å². The number of aryl methyl sites for hydroxylation is 1. The number of nitrogens with one attached hydrogen (secondary N) is 2. The van der Waals surface area contributed by atoms with Crippen molar-refractivity contribution in [3.8, 4) is 11.1 Å². The van der Waals surface area contributed by atoms with Crippen LogP contribution < -0.4 is 4.90 Å². The summed E-state index contributed by atoms with van der Waals surface area (Å²) in [5.74, 6) is -0.573. The maximum Gasteiger partial charge on any atom is 0.225 e. The van der Waals surface area contributed by atoms with Crippen molar-refractivity contribution in [1.82, 2.24) is 29.6 Å². The topological polar surface area (TPSA) is 122 Å². The van der Waals surface area contributed by atoms with Crippen LogP contribution in [0.2, 0.25) is 0 Å². The van der Waals surface area contributed by atoms with Gasteiger partial charge in [-0.25, -0.2) is 23.7 Å². The second kappa shape index (κ2) is 10.1. The van der Waals surface area contributed by atoms with Gasteiger partial charge in [-0.3, -0.25) is 10.1 Å². The second-order valence-electron chi connectivity index (χ2n) is 9.20. The van der Waals surface area contributed by atoms with Crippen LogP contribution in [0.3, 0.4) is 0 Å². The summed E-state index contributed by atoms with van der Waals surface area (Å²) < 4.78 is 30.3. The molecular formula is C26H27F2N9O. The number of hydrogen-bond acceptors (Lipinski definition) is 6. The Bertz CT molecular complexity index is 1450. The van der Waals surface area contributed by atoms with Crippen molar-refractivity contribution >= 4 is 18.1 Å². The molecule has 0 aliphatic carbocycles. The highest BCUT2D eigenvalue weighted by Crippen LogP contribution is 2.32. The first-order chi connectivity index (χ1) is 18.3. The van der Waals surface area contributed by atoms with E-state index in [2.05, 4.69) is 29.9 Å². The van der Waals surface area contributed by atoms with Crippen molar-refractivity contribution in [1.29, 1.82) is 5.41 Å². The normalized spacial score (nSPS) is 16.0. The number of aliphatic imine (C=N–C) groups is 1. The molecule has 0 amide bonds. The van der Waals surface area contributed by atoms with Gasteiger partial charge in [0.05, 0.1) is 17.5 Å². The monoisotopic (exact) mass is 519 g/mol. The molecule has 196 valence electrons. The highest BCUT2D eigenvalue weighted by Gasteiger charge is 2.33. The van der Waals surface area contributed by atoms with E-state index < -0.39 is 22.8 Å². The summed E-state index contributed by atoms with van der Waals surface area (Å²) in [6.07, 6.45) is 9.41. The predicted octanol–water partition coefficient (Wildman–Crippen LogP) is 2.92. The minimum absolute atomic E-state index is 0.181. The molecule has 1 saturated heterocycles. The smallest absolute Gasteiger partial charge is 0.225 e. The Morgan fingerprint density at radius 2 is 1.79 bits per heavy atom. The molecule has 4 aromatic rings. The van der Waals surface area contributed by atoms with E-state index in [1.54, 1.807) is 10.9 Å². The van der Waals surface area contributed by atoms with Gasteiger partial charge in [-0.1, -0.05) is 6.07 Å². The van der Waals surface area contributed by atoms with Crippen molar-refractivity contribution in [2.75, 3.05) is 31.1 Å². The summed E-state index contributed by atoms with van der Waals surface area (Å²) in [5.41, 5.74) is 0.550. The van der Waals surface area contributed by atoms with Crippen LogP contribution in [0, 0.1) is 17.0 Å². The number of aromatic nitrogens is 5. The fourth-order valence-corrected chi connectivity index (χ4v) is 4.60. The number of piperazine rings is 1. The first-order valence-electron chi connectivity index (χ1n) is 12.0. The fourth-order valence-electron chi connectivity index (χ4n) is 4.60. The Hall–Kier alpha value is -4.45. The number of anilines is 1. The number of nitrogens with zero attached hydrogens (tertiary/aromatic N) is 7. The number of aliphatic hydroxyl groups is 1. The van der Waals surface area contributed by atoms with Gasteiger partial charge in [0.25, 0.3) is 0 Å². The molecule has 12 heteroatoms. The zero-order valence-electron chi connectivity index (χ0n) is 20.9. The van der Waals surface area contributed by atoms with Crippen LogP contribution in [0.15, 0.2) is 60.2 Å². The predicted molar refractivity (Wildman–Crippen MR) is 139 cm³/mol. The first kappa shape index (κ1) is 25.2. The molecule has 10 nitrogen and oxygen atoms in total. The average molecular weight is 520 g/mol. The van der Waals surface area contributed by atoms with Crippen LogP contribution in [0.1, 0.15) is 23.7 Å². The van der Waals surface area contributed by atoms with E-state index in [-0.39, 0.29) is 5.56 Å². The van der Waals surface area contributed by atoms with Gasteiger partial charge in [-0.2, -0.15) is 5.10 Å². The quantitative estimate of drug-likeness (QED) is 0.266. The van der Waals surface area contributed by atoms with E-state index in [1.165, 1.54) is 25.4 Å². The lowest BCUT2D eigenvalue weighted by Gasteiger charge is -2.36. The van der Waals surface area contributed by atoms with Gasteiger partial charge in [-0.05, 0) is 25.1 Å². The number of H-pyrrole nitrogens is 1. The van der Waals surface area contributed by atoms with E-state index in [0.29, 0.717) is 38.0 Å². The van der Waals surface area contributed by atoms with Crippen LogP contribution in [0.25, 0.3) is 11.1 Å². The standard InChI is InChI=1S/C26H27F2N9O/c1-26(38,23-20(27)4-3-5-21(23)28)19-13-31-25(32-14-19)37-8-6-36(7-9-37)24(33-16-29)22-10-17(11-30-22)18-12-34-35(2)15-18/h3-5,10-16,29-30,38H,6-9H2,1-2H3/t26-/m0/s1. The third-order valence-electron chi connectivity index (χ3n) is 6.66. The van der Waals surface area contributed by atoms with E-state index in [4.69, 9.17) is 5.41 Å². The Kier molecular flexibility index (Phi) is 6.72. The van der Waals surface area contributed by atoms with Crippen LogP contribution in [0.5, 0.6) is 0 Å². The van der Waals surface area contributed by atoms with Crippen LogP contribution in [0.4, 0.5) is 14.7 Å². The summed E-state index contributed by atoms with van der Waals surface area (Å²) >= 11 is 0. The third-order valence-corrected chi connectivity index (χ3v) is 6.66. The van der Waals surface area contributed by atoms with Crippen LogP contribution in [-0.4, -0.2) is 73.1 Å². The lowest BCUT2D eigenvalue weighted by atomic mass is 9.89. The molecule has 1 aromatic carbocycles. The molecule has 4 heterocycles. The Morgan fingerprint density at radius 1 is 1.11 bits per heavy atom. The van der Waals surface area contributed by atoms with Crippen molar-refractivity contribution in [3.05, 3.63) is 83.7 Å². The Labute approximate surface area is 217 Å². The maximum atomic E-state index is 14.3. The number of aromatic amines is 1. The Balaban J connectivity index is 1.28. The summed E-state index contributed by atoms with van der Waals surface area (Å²) in [6, 6.07) is 5.43. The lowest BCUT2D eigenvalue weighted by Crippen LogP contribution is -2.49. The number of amidine groups is 1. The van der Waals surface area contributed by atoms with Gasteiger partial charge in [0.15, 0.2) is 5.84 Å². The molecule has 1 aliphatic heterocycles. The van der Waals surface area contributed by atoms with Crippen molar-refractivity contribution in [2.45, 2.75) is 12.5 Å². The van der Waals surface area contributed by atoms with E-state index >= 15 is 0 Å². The van der Waals surface area contributed by atoms with Gasteiger partial charge in [0.1, 0.15) is 23.6 Å². The van der Waals surface area contributed by atoms with Crippen LogP contribution in [-0.2, 0) is 12.6 Å². The summed E-state index contributed by atoms with van der Waals surface area (Å²) in [4.78, 5) is 20.4. The largest absolute Gasteiger partial charge is 0.380 e. The van der Waals surface area contributed by atoms with Gasteiger partial charge < -0.3 is 19.9 Å². The molecule has 5 rings (SSSR count). The first-order valence-corrected chi connectivity index (χ1v) is 12.0. The zero-order valence-corrected chi connectivity index (χ0v) is 20.9. The fraction of sp³-hybridized carbons (Fsp3) is 0.269. The molecule has 1 atom stereocenters. The van der Waals surface area contributed by atoms with E-state index in [0.717, 1.165) is 35.3 Å². The van der Waals surface area contributed by atoms with E-state index in [9.17, 15) is 13.9 Å².